The van der Waals surface area contributed by atoms with Crippen LogP contribution in [0.1, 0.15) is 38.5 Å². The van der Waals surface area contributed by atoms with Crippen molar-refractivity contribution in [1.82, 2.24) is 20.1 Å². The third-order valence-corrected chi connectivity index (χ3v) is 8.46. The fourth-order valence-electron chi connectivity index (χ4n) is 4.82. The number of hydrogen-bond donors (Lipinski definition) is 1. The van der Waals surface area contributed by atoms with Crippen LogP contribution in [0.3, 0.4) is 0 Å². The van der Waals surface area contributed by atoms with Gasteiger partial charge in [-0.3, -0.25) is 4.79 Å². The standard InChI is InChI=1S/C18H17FN4S.C11H14F2N2O/c19-16-3-6-18(20-12-16)23-13-15(11-21-23)14-1-4-17(5-2-14)22-7-9-24-10-8-22;12-11(13)3-1-8(2-4-11)9(16)15-10(7-14)5-6-10/h1-6,11-13H,7-10H2;8H,1-6H2,(H,15,16). The molecule has 1 aliphatic heterocycles. The van der Waals surface area contributed by atoms with Gasteiger partial charge in [0.2, 0.25) is 11.8 Å². The zero-order chi connectivity index (χ0) is 28.2. The number of carbonyl (C=O) groups is 1. The molecule has 1 saturated heterocycles. The number of benzene rings is 1. The highest BCUT2D eigenvalue weighted by Crippen LogP contribution is 2.38. The van der Waals surface area contributed by atoms with Crippen molar-refractivity contribution in [3.8, 4) is 23.0 Å². The summed E-state index contributed by atoms with van der Waals surface area (Å²) < 4.78 is 40.4. The first-order valence-corrected chi connectivity index (χ1v) is 14.6. The zero-order valence-corrected chi connectivity index (χ0v) is 22.8. The second-order valence-electron chi connectivity index (χ2n) is 10.5. The maximum absolute atomic E-state index is 13.0. The van der Waals surface area contributed by atoms with E-state index in [1.807, 2.05) is 18.0 Å². The zero-order valence-electron chi connectivity index (χ0n) is 22.0. The van der Waals surface area contributed by atoms with Crippen molar-refractivity contribution in [2.45, 2.75) is 50.0 Å². The Labute approximate surface area is 235 Å². The van der Waals surface area contributed by atoms with E-state index in [0.717, 1.165) is 24.2 Å². The number of amides is 1. The molecule has 7 nitrogen and oxygen atoms in total. The van der Waals surface area contributed by atoms with Crippen LogP contribution < -0.4 is 10.2 Å². The molecule has 3 aliphatic rings. The Morgan fingerprint density at radius 2 is 1.70 bits per heavy atom. The summed E-state index contributed by atoms with van der Waals surface area (Å²) in [6.45, 7) is 2.22. The Morgan fingerprint density at radius 1 is 1.00 bits per heavy atom. The number of aromatic nitrogens is 3. The van der Waals surface area contributed by atoms with Crippen molar-refractivity contribution < 1.29 is 18.0 Å². The molecule has 11 heteroatoms. The van der Waals surface area contributed by atoms with Crippen LogP contribution in [0.25, 0.3) is 16.9 Å². The number of hydrogen-bond acceptors (Lipinski definition) is 6. The predicted octanol–water partition coefficient (Wildman–Crippen LogP) is 5.61. The van der Waals surface area contributed by atoms with Crippen LogP contribution in [0.2, 0.25) is 0 Å². The van der Waals surface area contributed by atoms with Gasteiger partial charge in [-0.15, -0.1) is 0 Å². The average molecular weight is 569 g/mol. The molecule has 0 bridgehead atoms. The SMILES string of the molecule is Fc1ccc(-n2cc(-c3ccc(N4CCSCC4)cc3)cn2)nc1.N#CC1(NC(=O)C2CCC(F)(F)CC2)CC1. The Balaban J connectivity index is 0.000000176. The van der Waals surface area contributed by atoms with E-state index >= 15 is 0 Å². The van der Waals surface area contributed by atoms with E-state index in [1.165, 1.54) is 29.5 Å². The Kier molecular flexibility index (Phi) is 8.35. The lowest BCUT2D eigenvalue weighted by atomic mass is 9.86. The minimum Gasteiger partial charge on any atom is -0.370 e. The number of rotatable bonds is 5. The molecule has 1 amide bonds. The van der Waals surface area contributed by atoms with Crippen LogP contribution in [0.4, 0.5) is 18.9 Å². The van der Waals surface area contributed by atoms with Gasteiger partial charge in [0.05, 0.1) is 18.5 Å². The fraction of sp³-hybridized carbons (Fsp3) is 0.448. The van der Waals surface area contributed by atoms with Crippen LogP contribution in [-0.4, -0.2) is 56.7 Å². The average Bonchev–Trinajstić information content (AvgIpc) is 3.57. The third kappa shape index (κ3) is 6.97. The predicted molar refractivity (Wildman–Crippen MR) is 149 cm³/mol. The third-order valence-electron chi connectivity index (χ3n) is 7.52. The van der Waals surface area contributed by atoms with E-state index in [4.69, 9.17) is 5.26 Å². The Bertz CT molecular complexity index is 1340. The Hall–Kier alpha value is -3.52. The van der Waals surface area contributed by atoms with Gasteiger partial charge in [-0.1, -0.05) is 12.1 Å². The molecule has 3 heterocycles. The lowest BCUT2D eigenvalue weighted by Gasteiger charge is -2.28. The molecule has 2 aromatic heterocycles. The molecule has 0 spiro atoms. The van der Waals surface area contributed by atoms with Crippen molar-refractivity contribution in [3.63, 3.8) is 0 Å². The second-order valence-corrected chi connectivity index (χ2v) is 11.7. The quantitative estimate of drug-likeness (QED) is 0.431. The number of pyridine rings is 1. The van der Waals surface area contributed by atoms with E-state index in [1.54, 1.807) is 16.9 Å². The van der Waals surface area contributed by atoms with Crippen LogP contribution >= 0.6 is 11.8 Å². The van der Waals surface area contributed by atoms with Crippen LogP contribution in [0.5, 0.6) is 0 Å². The number of nitrogens with one attached hydrogen (secondary N) is 1. The molecule has 210 valence electrons. The number of carbonyl (C=O) groups excluding carboxylic acids is 1. The summed E-state index contributed by atoms with van der Waals surface area (Å²) in [5.41, 5.74) is 2.71. The number of thioether (sulfide) groups is 1. The minimum atomic E-state index is -2.61. The van der Waals surface area contributed by atoms with Gasteiger partial charge in [-0.25, -0.2) is 22.8 Å². The van der Waals surface area contributed by atoms with Crippen molar-refractivity contribution in [3.05, 3.63) is 60.8 Å². The Morgan fingerprint density at radius 3 is 2.30 bits per heavy atom. The molecule has 6 rings (SSSR count). The fourth-order valence-corrected chi connectivity index (χ4v) is 5.72. The topological polar surface area (TPSA) is 86.8 Å². The van der Waals surface area contributed by atoms with Gasteiger partial charge < -0.3 is 10.2 Å². The summed E-state index contributed by atoms with van der Waals surface area (Å²) in [7, 11) is 0. The second kappa shape index (κ2) is 11.9. The smallest absolute Gasteiger partial charge is 0.248 e. The van der Waals surface area contributed by atoms with Gasteiger partial charge >= 0.3 is 0 Å². The normalized spacial score (nSPS) is 19.6. The van der Waals surface area contributed by atoms with Crippen molar-refractivity contribution >= 4 is 23.4 Å². The molecule has 3 aromatic rings. The molecule has 0 unspecified atom stereocenters. The largest absolute Gasteiger partial charge is 0.370 e. The highest BCUT2D eigenvalue weighted by Gasteiger charge is 2.46. The number of nitriles is 1. The highest BCUT2D eigenvalue weighted by molar-refractivity contribution is 7.99. The van der Waals surface area contributed by atoms with Crippen LogP contribution in [0.15, 0.2) is 55.0 Å². The first-order valence-electron chi connectivity index (χ1n) is 13.5. The van der Waals surface area contributed by atoms with Crippen LogP contribution in [0, 0.1) is 23.1 Å². The van der Waals surface area contributed by atoms with Gasteiger partial charge in [0.15, 0.2) is 5.82 Å². The summed E-state index contributed by atoms with van der Waals surface area (Å²) in [6, 6.07) is 13.6. The molecule has 40 heavy (non-hydrogen) atoms. The molecular weight excluding hydrogens is 537 g/mol. The summed E-state index contributed by atoms with van der Waals surface area (Å²) in [5.74, 6) is -0.537. The van der Waals surface area contributed by atoms with Gasteiger partial charge in [-0.05, 0) is 55.5 Å². The maximum Gasteiger partial charge on any atom is 0.248 e. The number of halogens is 3. The van der Waals surface area contributed by atoms with Crippen LogP contribution in [-0.2, 0) is 4.79 Å². The first-order chi connectivity index (χ1) is 19.3. The number of alkyl halides is 2. The monoisotopic (exact) mass is 568 g/mol. The summed E-state index contributed by atoms with van der Waals surface area (Å²) in [4.78, 5) is 18.2. The van der Waals surface area contributed by atoms with E-state index in [9.17, 15) is 18.0 Å². The van der Waals surface area contributed by atoms with E-state index < -0.39 is 11.5 Å². The molecule has 2 aliphatic carbocycles. The van der Waals surface area contributed by atoms with Gasteiger partial charge in [0.25, 0.3) is 0 Å². The maximum atomic E-state index is 13.0. The van der Waals surface area contributed by atoms with E-state index in [2.05, 4.69) is 50.6 Å². The molecule has 1 N–H and O–H groups in total. The van der Waals surface area contributed by atoms with Gasteiger partial charge in [0.1, 0.15) is 11.4 Å². The molecule has 0 radical (unpaired) electrons. The van der Waals surface area contributed by atoms with Gasteiger partial charge in [0, 0.05) is 60.8 Å². The molecule has 3 fully saturated rings. The molecule has 0 atom stereocenters. The van der Waals surface area contributed by atoms with Gasteiger partial charge in [-0.2, -0.15) is 22.1 Å². The van der Waals surface area contributed by atoms with Crippen molar-refractivity contribution in [2.75, 3.05) is 29.5 Å². The van der Waals surface area contributed by atoms with Crippen molar-refractivity contribution in [1.29, 1.82) is 5.26 Å². The number of anilines is 1. The minimum absolute atomic E-state index is 0.218. The lowest BCUT2D eigenvalue weighted by molar-refractivity contribution is -0.129. The summed E-state index contributed by atoms with van der Waals surface area (Å²) in [5, 5.41) is 15.8. The summed E-state index contributed by atoms with van der Waals surface area (Å²) >= 11 is 2.01. The molecule has 1 aromatic carbocycles. The number of nitrogens with zero attached hydrogens (tertiary/aromatic N) is 5. The van der Waals surface area contributed by atoms with E-state index in [-0.39, 0.29) is 43.3 Å². The lowest BCUT2D eigenvalue weighted by Crippen LogP contribution is -2.42. The summed E-state index contributed by atoms with van der Waals surface area (Å²) in [6.07, 6.45) is 6.28. The van der Waals surface area contributed by atoms with Crippen molar-refractivity contribution in [2.24, 2.45) is 5.92 Å². The first kappa shape index (κ1) is 28.0. The molecule has 2 saturated carbocycles. The van der Waals surface area contributed by atoms with E-state index in [0.29, 0.717) is 18.7 Å². The molecular formula is C29H31F3N6OS. The highest BCUT2D eigenvalue weighted by atomic mass is 32.2.